The van der Waals surface area contributed by atoms with Crippen LogP contribution in [-0.4, -0.2) is 44.9 Å². The van der Waals surface area contributed by atoms with Crippen LogP contribution in [0.1, 0.15) is 17.9 Å². The highest BCUT2D eigenvalue weighted by molar-refractivity contribution is 5.78. The van der Waals surface area contributed by atoms with E-state index in [1.54, 1.807) is 25.1 Å². The highest BCUT2D eigenvalue weighted by Gasteiger charge is 2.15. The van der Waals surface area contributed by atoms with Gasteiger partial charge in [0.25, 0.3) is 0 Å². The number of H-pyrrole nitrogens is 1. The van der Waals surface area contributed by atoms with Crippen LogP contribution >= 0.6 is 0 Å². The summed E-state index contributed by atoms with van der Waals surface area (Å²) in [5.41, 5.74) is 3.43. The van der Waals surface area contributed by atoms with E-state index in [1.807, 2.05) is 24.3 Å². The number of aromatic amines is 1. The summed E-state index contributed by atoms with van der Waals surface area (Å²) in [6.45, 7) is 0.301. The molecule has 29 heavy (non-hydrogen) atoms. The maximum absolute atomic E-state index is 13.3. The second kappa shape index (κ2) is 7.83. The van der Waals surface area contributed by atoms with Crippen LogP contribution in [-0.2, 0) is 17.8 Å². The van der Waals surface area contributed by atoms with Gasteiger partial charge in [0.2, 0.25) is 11.8 Å². The van der Waals surface area contributed by atoms with Crippen LogP contribution in [0.3, 0.4) is 0 Å². The molecule has 0 saturated heterocycles. The van der Waals surface area contributed by atoms with Gasteiger partial charge in [-0.1, -0.05) is 12.1 Å². The fourth-order valence-corrected chi connectivity index (χ4v) is 3.19. The molecule has 0 spiro atoms. The molecule has 7 nitrogen and oxygen atoms in total. The zero-order valence-corrected chi connectivity index (χ0v) is 16.1. The lowest BCUT2D eigenvalue weighted by molar-refractivity contribution is -0.130. The number of methoxy groups -OCH3 is 1. The number of carbonyl (C=O) groups is 1. The number of imidazole rings is 1. The third kappa shape index (κ3) is 4.01. The number of nitrogens with one attached hydrogen (secondary N) is 1. The Morgan fingerprint density at radius 1 is 1.10 bits per heavy atom. The van der Waals surface area contributed by atoms with E-state index in [0.717, 1.165) is 11.0 Å². The van der Waals surface area contributed by atoms with Crippen LogP contribution in [0.15, 0.2) is 42.5 Å². The van der Waals surface area contributed by atoms with Crippen LogP contribution in [0.2, 0.25) is 0 Å². The number of aromatic nitrogens is 4. The summed E-state index contributed by atoms with van der Waals surface area (Å²) >= 11 is 0. The molecule has 4 aromatic rings. The quantitative estimate of drug-likeness (QED) is 0.544. The lowest BCUT2D eigenvalue weighted by Gasteiger charge is -2.16. The van der Waals surface area contributed by atoms with Gasteiger partial charge in [-0.15, -0.1) is 0 Å². The molecule has 148 valence electrons. The topological polar surface area (TPSA) is 84.0 Å². The Kier molecular flexibility index (Phi) is 5.07. The van der Waals surface area contributed by atoms with Crippen LogP contribution in [0.5, 0.6) is 5.88 Å². The highest BCUT2D eigenvalue weighted by Crippen LogP contribution is 2.20. The average molecular weight is 393 g/mol. The molecule has 0 aliphatic carbocycles. The van der Waals surface area contributed by atoms with Gasteiger partial charge in [-0.3, -0.25) is 4.79 Å². The summed E-state index contributed by atoms with van der Waals surface area (Å²) in [5.74, 6) is 0.638. The van der Waals surface area contributed by atoms with Crippen molar-refractivity contribution < 1.29 is 13.9 Å². The summed E-state index contributed by atoms with van der Waals surface area (Å²) in [5, 5.41) is 0. The van der Waals surface area contributed by atoms with Gasteiger partial charge in [0.1, 0.15) is 17.3 Å². The molecule has 1 amide bonds. The van der Waals surface area contributed by atoms with Crippen molar-refractivity contribution >= 4 is 28.0 Å². The summed E-state index contributed by atoms with van der Waals surface area (Å²) in [4.78, 5) is 30.7. The van der Waals surface area contributed by atoms with E-state index in [9.17, 15) is 9.18 Å². The smallest absolute Gasteiger partial charge is 0.235 e. The first kappa shape index (κ1) is 18.8. The Labute approximate surface area is 166 Å². The molecule has 2 aromatic heterocycles. The minimum atomic E-state index is -0.331. The van der Waals surface area contributed by atoms with E-state index < -0.39 is 0 Å². The van der Waals surface area contributed by atoms with E-state index in [2.05, 4.69) is 19.9 Å². The van der Waals surface area contributed by atoms with Gasteiger partial charge < -0.3 is 14.6 Å². The number of hydrogen-bond acceptors (Lipinski definition) is 5. The number of benzene rings is 2. The minimum absolute atomic E-state index is 0.0614. The molecule has 2 heterocycles. The molecule has 4 rings (SSSR count). The highest BCUT2D eigenvalue weighted by atomic mass is 19.1. The van der Waals surface area contributed by atoms with Crippen molar-refractivity contribution in [1.29, 1.82) is 0 Å². The SMILES string of the molecule is COc1nc2ccccc2nc1CCC(=O)N(C)Cc1nc2ccc(F)cc2[nH]1. The number of nitrogens with zero attached hydrogens (tertiary/aromatic N) is 4. The minimum Gasteiger partial charge on any atom is -0.480 e. The zero-order valence-electron chi connectivity index (χ0n) is 16.1. The van der Waals surface area contributed by atoms with Crippen molar-refractivity contribution in [3.05, 3.63) is 59.8 Å². The Balaban J connectivity index is 1.44. The molecule has 2 aromatic carbocycles. The van der Waals surface area contributed by atoms with E-state index in [1.165, 1.54) is 12.1 Å². The molecule has 1 N–H and O–H groups in total. The molecule has 0 saturated carbocycles. The van der Waals surface area contributed by atoms with Gasteiger partial charge in [0, 0.05) is 19.9 Å². The molecule has 0 aliphatic heterocycles. The molecule has 0 aliphatic rings. The molecular weight excluding hydrogens is 373 g/mol. The van der Waals surface area contributed by atoms with Gasteiger partial charge in [0.15, 0.2) is 0 Å². The van der Waals surface area contributed by atoms with Gasteiger partial charge in [0.05, 0.1) is 35.7 Å². The second-order valence-corrected chi connectivity index (χ2v) is 6.76. The molecule has 0 fully saturated rings. The number of carbonyl (C=O) groups excluding carboxylic acids is 1. The maximum atomic E-state index is 13.3. The molecule has 0 radical (unpaired) electrons. The third-order valence-electron chi connectivity index (χ3n) is 4.68. The van der Waals surface area contributed by atoms with Crippen molar-refractivity contribution in [3.8, 4) is 5.88 Å². The lowest BCUT2D eigenvalue weighted by atomic mass is 10.2. The molecular formula is C21H20FN5O2. The van der Waals surface area contributed by atoms with E-state index in [-0.39, 0.29) is 18.1 Å². The van der Waals surface area contributed by atoms with Crippen molar-refractivity contribution in [1.82, 2.24) is 24.8 Å². The number of ether oxygens (including phenoxy) is 1. The first-order valence-corrected chi connectivity index (χ1v) is 9.21. The predicted octanol–water partition coefficient (Wildman–Crippen LogP) is 3.25. The number of halogens is 1. The van der Waals surface area contributed by atoms with Crippen molar-refractivity contribution in [2.45, 2.75) is 19.4 Å². The van der Waals surface area contributed by atoms with Crippen LogP contribution < -0.4 is 4.74 Å². The standard InChI is InChI=1S/C21H20FN5O2/c1-27(12-19-24-16-8-7-13(22)11-18(16)25-19)20(28)10-9-17-21(29-2)26-15-6-4-3-5-14(15)23-17/h3-8,11H,9-10,12H2,1-2H3,(H,24,25). The van der Waals surface area contributed by atoms with Gasteiger partial charge in [-0.2, -0.15) is 0 Å². The van der Waals surface area contributed by atoms with Gasteiger partial charge >= 0.3 is 0 Å². The third-order valence-corrected chi connectivity index (χ3v) is 4.68. The fraction of sp³-hybridized carbons (Fsp3) is 0.238. The van der Waals surface area contributed by atoms with Crippen molar-refractivity contribution in [2.75, 3.05) is 14.2 Å². The lowest BCUT2D eigenvalue weighted by Crippen LogP contribution is -2.27. The van der Waals surface area contributed by atoms with Crippen LogP contribution in [0.25, 0.3) is 22.1 Å². The van der Waals surface area contributed by atoms with Crippen molar-refractivity contribution in [2.24, 2.45) is 0 Å². The first-order valence-electron chi connectivity index (χ1n) is 9.21. The Hall–Kier alpha value is -3.55. The summed E-state index contributed by atoms with van der Waals surface area (Å²) in [6, 6.07) is 11.9. The summed E-state index contributed by atoms with van der Waals surface area (Å²) in [6.07, 6.45) is 0.671. The number of aryl methyl sites for hydroxylation is 1. The monoisotopic (exact) mass is 393 g/mol. The van der Waals surface area contributed by atoms with Gasteiger partial charge in [-0.05, 0) is 30.3 Å². The molecule has 0 unspecified atom stereocenters. The molecule has 0 bridgehead atoms. The Morgan fingerprint density at radius 3 is 2.62 bits per heavy atom. The number of amides is 1. The Morgan fingerprint density at radius 2 is 1.86 bits per heavy atom. The number of para-hydroxylation sites is 2. The molecule has 0 atom stereocenters. The number of hydrogen-bond donors (Lipinski definition) is 1. The largest absolute Gasteiger partial charge is 0.480 e. The second-order valence-electron chi connectivity index (χ2n) is 6.76. The first-order chi connectivity index (χ1) is 14.0. The van der Waals surface area contributed by atoms with E-state index >= 15 is 0 Å². The van der Waals surface area contributed by atoms with Crippen LogP contribution in [0, 0.1) is 5.82 Å². The summed E-state index contributed by atoms with van der Waals surface area (Å²) in [7, 11) is 3.25. The number of rotatable bonds is 6. The summed E-state index contributed by atoms with van der Waals surface area (Å²) < 4.78 is 18.7. The van der Waals surface area contributed by atoms with Crippen molar-refractivity contribution in [3.63, 3.8) is 0 Å². The predicted molar refractivity (Wildman–Crippen MR) is 107 cm³/mol. The van der Waals surface area contributed by atoms with Crippen LogP contribution in [0.4, 0.5) is 4.39 Å². The average Bonchev–Trinajstić information content (AvgIpc) is 3.12. The van der Waals surface area contributed by atoms with E-state index in [4.69, 9.17) is 4.74 Å². The number of fused-ring (bicyclic) bond motifs is 2. The van der Waals surface area contributed by atoms with E-state index in [0.29, 0.717) is 41.4 Å². The Bertz CT molecular complexity index is 1190. The fourth-order valence-electron chi connectivity index (χ4n) is 3.19. The normalized spacial score (nSPS) is 11.1. The maximum Gasteiger partial charge on any atom is 0.235 e. The zero-order chi connectivity index (χ0) is 20.4. The van der Waals surface area contributed by atoms with Gasteiger partial charge in [-0.25, -0.2) is 19.3 Å². The molecule has 8 heteroatoms.